The number of carbonyl (C=O) groups excluding carboxylic acids is 1. The molecule has 0 bridgehead atoms. The number of nitrogens with zero attached hydrogens (tertiary/aromatic N) is 2. The molecule has 8 heteroatoms. The van der Waals surface area contributed by atoms with Gasteiger partial charge in [-0.05, 0) is 12.8 Å². The van der Waals surface area contributed by atoms with Crippen LogP contribution in [0.1, 0.15) is 12.8 Å². The van der Waals surface area contributed by atoms with Gasteiger partial charge < -0.3 is 21.5 Å². The average Bonchev–Trinajstić information content (AvgIpc) is 2.86. The van der Waals surface area contributed by atoms with E-state index >= 15 is 0 Å². The maximum atomic E-state index is 11.6. The third kappa shape index (κ3) is 4.56. The Kier molecular flexibility index (Phi) is 4.80. The van der Waals surface area contributed by atoms with E-state index in [0.717, 1.165) is 19.4 Å². The summed E-state index contributed by atoms with van der Waals surface area (Å²) in [5.41, 5.74) is 11.1. The van der Waals surface area contributed by atoms with Gasteiger partial charge in [-0.1, -0.05) is 11.8 Å². The third-order valence-electron chi connectivity index (χ3n) is 2.63. The highest BCUT2D eigenvalue weighted by Crippen LogP contribution is 2.16. The number of carbonyl (C=O) groups is 1. The number of hydrogen-bond donors (Lipinski definition) is 3. The normalized spacial score (nSPS) is 18.4. The molecule has 1 atom stereocenters. The smallest absolute Gasteiger partial charge is 0.230 e. The lowest BCUT2D eigenvalue weighted by Crippen LogP contribution is -2.32. The quantitative estimate of drug-likeness (QED) is 0.515. The highest BCUT2D eigenvalue weighted by Gasteiger charge is 2.16. The lowest BCUT2D eigenvalue weighted by Gasteiger charge is -2.10. The van der Waals surface area contributed by atoms with Crippen LogP contribution in [0.5, 0.6) is 0 Å². The largest absolute Gasteiger partial charge is 0.383 e. The van der Waals surface area contributed by atoms with Crippen molar-refractivity contribution in [1.29, 1.82) is 0 Å². The van der Waals surface area contributed by atoms with Gasteiger partial charge in [-0.2, -0.15) is 0 Å². The van der Waals surface area contributed by atoms with Crippen molar-refractivity contribution in [3.05, 3.63) is 6.07 Å². The summed E-state index contributed by atoms with van der Waals surface area (Å²) in [6, 6.07) is 1.47. The van der Waals surface area contributed by atoms with Gasteiger partial charge in [0.1, 0.15) is 11.6 Å². The Morgan fingerprint density at radius 2 is 2.21 bits per heavy atom. The Bertz CT molecular complexity index is 430. The van der Waals surface area contributed by atoms with Crippen molar-refractivity contribution in [3.8, 4) is 0 Å². The van der Waals surface area contributed by atoms with Crippen LogP contribution in [0.25, 0.3) is 0 Å². The Morgan fingerprint density at radius 3 is 2.84 bits per heavy atom. The number of ether oxygens (including phenoxy) is 1. The van der Waals surface area contributed by atoms with Crippen LogP contribution in [0.3, 0.4) is 0 Å². The number of rotatable bonds is 5. The average molecular weight is 283 g/mol. The van der Waals surface area contributed by atoms with Gasteiger partial charge in [-0.25, -0.2) is 9.97 Å². The summed E-state index contributed by atoms with van der Waals surface area (Å²) in [4.78, 5) is 19.6. The van der Waals surface area contributed by atoms with Gasteiger partial charge in [0.05, 0.1) is 11.9 Å². The van der Waals surface area contributed by atoms with Gasteiger partial charge in [-0.3, -0.25) is 4.79 Å². The minimum Gasteiger partial charge on any atom is -0.383 e. The lowest BCUT2D eigenvalue weighted by molar-refractivity contribution is -0.119. The molecule has 1 aromatic heterocycles. The lowest BCUT2D eigenvalue weighted by atomic mass is 10.2. The minimum absolute atomic E-state index is 0.0786. The fourth-order valence-corrected chi connectivity index (χ4v) is 2.44. The van der Waals surface area contributed by atoms with E-state index in [1.807, 2.05) is 0 Å². The van der Waals surface area contributed by atoms with Crippen molar-refractivity contribution in [2.75, 3.05) is 30.4 Å². The van der Waals surface area contributed by atoms with Crippen molar-refractivity contribution >= 4 is 29.3 Å². The maximum absolute atomic E-state index is 11.6. The van der Waals surface area contributed by atoms with Crippen molar-refractivity contribution in [2.45, 2.75) is 24.1 Å². The Labute approximate surface area is 115 Å². The SMILES string of the molecule is Nc1cc(N)nc(SCC(=O)NC[C@H]2CCCO2)n1. The van der Waals surface area contributed by atoms with Gasteiger partial charge >= 0.3 is 0 Å². The predicted octanol–water partition coefficient (Wildman–Crippen LogP) is 0.0283. The summed E-state index contributed by atoms with van der Waals surface area (Å²) >= 11 is 1.20. The predicted molar refractivity (Wildman–Crippen MR) is 73.6 cm³/mol. The number of hydrogen-bond acceptors (Lipinski definition) is 7. The third-order valence-corrected chi connectivity index (χ3v) is 3.48. The van der Waals surface area contributed by atoms with Crippen LogP contribution in [0.2, 0.25) is 0 Å². The molecule has 2 heterocycles. The molecule has 0 aliphatic carbocycles. The Morgan fingerprint density at radius 1 is 1.47 bits per heavy atom. The summed E-state index contributed by atoms with van der Waals surface area (Å²) in [6.07, 6.45) is 2.21. The Hall–Kier alpha value is -1.54. The highest BCUT2D eigenvalue weighted by atomic mass is 32.2. The number of nitrogens with one attached hydrogen (secondary N) is 1. The van der Waals surface area contributed by atoms with Gasteiger partial charge in [-0.15, -0.1) is 0 Å². The van der Waals surface area contributed by atoms with E-state index in [2.05, 4.69) is 15.3 Å². The number of anilines is 2. The molecule has 0 unspecified atom stereocenters. The zero-order valence-electron chi connectivity index (χ0n) is 10.5. The van der Waals surface area contributed by atoms with Crippen LogP contribution in [0.4, 0.5) is 11.6 Å². The molecule has 1 amide bonds. The summed E-state index contributed by atoms with van der Waals surface area (Å²) in [6.45, 7) is 1.34. The van der Waals surface area contributed by atoms with Gasteiger partial charge in [0.15, 0.2) is 5.16 Å². The first-order chi connectivity index (χ1) is 9.13. The standard InChI is InChI=1S/C11H17N5O2S/c12-8-4-9(13)16-11(15-8)19-6-10(17)14-5-7-2-1-3-18-7/h4,7H,1-3,5-6H2,(H,14,17)(H4,12,13,15,16)/t7-/m1/s1. The van der Waals surface area contributed by atoms with Crippen LogP contribution >= 0.6 is 11.8 Å². The molecule has 0 aromatic carbocycles. The van der Waals surface area contributed by atoms with Gasteiger partial charge in [0.25, 0.3) is 0 Å². The second-order valence-corrected chi connectivity index (χ2v) is 5.17. The van der Waals surface area contributed by atoms with Crippen molar-refractivity contribution in [3.63, 3.8) is 0 Å². The van der Waals surface area contributed by atoms with E-state index in [-0.39, 0.29) is 17.8 Å². The number of aromatic nitrogens is 2. The zero-order chi connectivity index (χ0) is 13.7. The van der Waals surface area contributed by atoms with Crippen LogP contribution in [0, 0.1) is 0 Å². The topological polar surface area (TPSA) is 116 Å². The number of nitrogens with two attached hydrogens (primary N) is 2. The van der Waals surface area contributed by atoms with Crippen LogP contribution in [0.15, 0.2) is 11.2 Å². The van der Waals surface area contributed by atoms with E-state index in [9.17, 15) is 4.79 Å². The van der Waals surface area contributed by atoms with E-state index in [4.69, 9.17) is 16.2 Å². The van der Waals surface area contributed by atoms with Gasteiger partial charge in [0, 0.05) is 19.2 Å². The number of nitrogen functional groups attached to an aromatic ring is 2. The van der Waals surface area contributed by atoms with E-state index in [1.54, 1.807) is 0 Å². The van der Waals surface area contributed by atoms with Crippen LogP contribution < -0.4 is 16.8 Å². The van der Waals surface area contributed by atoms with Crippen molar-refractivity contribution < 1.29 is 9.53 Å². The first-order valence-corrected chi connectivity index (χ1v) is 7.03. The summed E-state index contributed by atoms with van der Waals surface area (Å²) in [5, 5.41) is 3.23. The molecule has 0 spiro atoms. The molecule has 7 nitrogen and oxygen atoms in total. The molecule has 0 radical (unpaired) electrons. The first kappa shape index (κ1) is 13.9. The fourth-order valence-electron chi connectivity index (χ4n) is 1.74. The molecule has 0 saturated carbocycles. The molecular formula is C11H17N5O2S. The van der Waals surface area contributed by atoms with Crippen molar-refractivity contribution in [1.82, 2.24) is 15.3 Å². The molecule has 1 saturated heterocycles. The summed E-state index contributed by atoms with van der Waals surface area (Å²) in [7, 11) is 0. The monoisotopic (exact) mass is 283 g/mol. The molecule has 104 valence electrons. The molecular weight excluding hydrogens is 266 g/mol. The molecule has 1 fully saturated rings. The molecule has 19 heavy (non-hydrogen) atoms. The first-order valence-electron chi connectivity index (χ1n) is 6.04. The molecule has 2 rings (SSSR count). The van der Waals surface area contributed by atoms with E-state index < -0.39 is 0 Å². The summed E-state index contributed by atoms with van der Waals surface area (Å²) < 4.78 is 5.42. The van der Waals surface area contributed by atoms with Crippen molar-refractivity contribution in [2.24, 2.45) is 0 Å². The fraction of sp³-hybridized carbons (Fsp3) is 0.545. The maximum Gasteiger partial charge on any atom is 0.230 e. The van der Waals surface area contributed by atoms with E-state index in [0.29, 0.717) is 23.3 Å². The zero-order valence-corrected chi connectivity index (χ0v) is 11.3. The highest BCUT2D eigenvalue weighted by molar-refractivity contribution is 7.99. The summed E-state index contributed by atoms with van der Waals surface area (Å²) in [5.74, 6) is 0.755. The second kappa shape index (κ2) is 6.58. The van der Waals surface area contributed by atoms with E-state index in [1.165, 1.54) is 17.8 Å². The minimum atomic E-state index is -0.0786. The Balaban J connectivity index is 1.73. The second-order valence-electron chi connectivity index (χ2n) is 4.23. The van der Waals surface area contributed by atoms with Crippen LogP contribution in [-0.2, 0) is 9.53 Å². The molecule has 5 N–H and O–H groups in total. The van der Waals surface area contributed by atoms with Crippen LogP contribution in [-0.4, -0.2) is 40.9 Å². The molecule has 1 aromatic rings. The number of thioether (sulfide) groups is 1. The molecule has 1 aliphatic rings. The number of amides is 1. The van der Waals surface area contributed by atoms with Gasteiger partial charge in [0.2, 0.25) is 5.91 Å². The molecule has 1 aliphatic heterocycles.